The molecule has 0 aliphatic carbocycles. The Labute approximate surface area is 150 Å². The van der Waals surface area contributed by atoms with Crippen molar-refractivity contribution in [3.8, 4) is 0 Å². The first-order valence-electron chi connectivity index (χ1n) is 8.06. The Morgan fingerprint density at radius 2 is 1.92 bits per heavy atom. The number of esters is 1. The van der Waals surface area contributed by atoms with Gasteiger partial charge in [-0.25, -0.2) is 4.98 Å². The van der Waals surface area contributed by atoms with Crippen LogP contribution in [-0.4, -0.2) is 18.1 Å². The predicted octanol–water partition coefficient (Wildman–Crippen LogP) is 3.72. The Balaban J connectivity index is 1.90. The Hall–Kier alpha value is -2.73. The number of methoxy groups -OCH3 is 1. The number of para-hydroxylation sites is 2. The number of hydrogen-bond donors (Lipinski definition) is 1. The van der Waals surface area contributed by atoms with E-state index in [0.717, 1.165) is 26.3 Å². The third kappa shape index (κ3) is 4.64. The van der Waals surface area contributed by atoms with Gasteiger partial charge < -0.3 is 4.74 Å². The van der Waals surface area contributed by atoms with Gasteiger partial charge in [0.1, 0.15) is 0 Å². The molecule has 3 rings (SSSR count). The van der Waals surface area contributed by atoms with Crippen LogP contribution >= 0.6 is 11.3 Å². The second-order valence-corrected chi connectivity index (χ2v) is 6.48. The summed E-state index contributed by atoms with van der Waals surface area (Å²) in [6, 6.07) is 17.8. The van der Waals surface area contributed by atoms with Gasteiger partial charge in [-0.1, -0.05) is 30.3 Å². The van der Waals surface area contributed by atoms with Crippen LogP contribution in [0.5, 0.6) is 0 Å². The maximum absolute atomic E-state index is 11.3. The van der Waals surface area contributed by atoms with Crippen molar-refractivity contribution in [3.05, 3.63) is 65.0 Å². The van der Waals surface area contributed by atoms with E-state index in [-0.39, 0.29) is 5.97 Å². The predicted molar refractivity (Wildman–Crippen MR) is 100 cm³/mol. The molecular formula is C19H19N3O2S. The minimum absolute atomic E-state index is 0.203. The summed E-state index contributed by atoms with van der Waals surface area (Å²) in [6.07, 6.45) is 1.73. The molecule has 0 fully saturated rings. The molecule has 6 heteroatoms. The van der Waals surface area contributed by atoms with Crippen molar-refractivity contribution in [1.29, 1.82) is 0 Å². The standard InChI is InChI=1S/C19H19N3O2S/c1-24-18(23)13-7-11-16-19(22-21-14-8-3-2-4-9-14)25-17-12-6-5-10-15(17)20-16/h2-6,8-10,12,21H,7,11,13H2,1H3/b22-19+. The Bertz CT molecular complexity index is 923. The van der Waals surface area contributed by atoms with Gasteiger partial charge in [-0.05, 0) is 37.1 Å². The molecule has 0 aliphatic rings. The number of nitrogens with zero attached hydrogens (tertiary/aromatic N) is 2. The van der Waals surface area contributed by atoms with Crippen LogP contribution in [0.3, 0.4) is 0 Å². The number of carbonyl (C=O) groups is 1. The highest BCUT2D eigenvalue weighted by Crippen LogP contribution is 2.15. The second kappa shape index (κ2) is 8.39. The van der Waals surface area contributed by atoms with Crippen LogP contribution in [0.2, 0.25) is 0 Å². The van der Waals surface area contributed by atoms with E-state index in [0.29, 0.717) is 19.3 Å². The smallest absolute Gasteiger partial charge is 0.305 e. The number of rotatable bonds is 6. The molecule has 1 heterocycles. The lowest BCUT2D eigenvalue weighted by Crippen LogP contribution is -2.13. The molecule has 0 aliphatic heterocycles. The summed E-state index contributed by atoms with van der Waals surface area (Å²) in [6.45, 7) is 0. The number of carbonyl (C=O) groups excluding carboxylic acids is 1. The number of hydrogen-bond acceptors (Lipinski definition) is 6. The van der Waals surface area contributed by atoms with Gasteiger partial charge in [0.15, 0.2) is 4.67 Å². The van der Waals surface area contributed by atoms with Crippen molar-refractivity contribution in [1.82, 2.24) is 4.98 Å². The summed E-state index contributed by atoms with van der Waals surface area (Å²) in [5.74, 6) is -0.203. The third-order valence-corrected chi connectivity index (χ3v) is 4.74. The molecule has 5 nitrogen and oxygen atoms in total. The van der Waals surface area contributed by atoms with Crippen LogP contribution in [0.15, 0.2) is 59.7 Å². The zero-order chi connectivity index (χ0) is 17.5. The lowest BCUT2D eigenvalue weighted by molar-refractivity contribution is -0.140. The number of benzene rings is 2. The van der Waals surface area contributed by atoms with Gasteiger partial charge in [0.05, 0.1) is 28.7 Å². The molecule has 0 saturated carbocycles. The fourth-order valence-corrected chi connectivity index (χ4v) is 3.30. The molecule has 2 aromatic carbocycles. The first kappa shape index (κ1) is 17.1. The van der Waals surface area contributed by atoms with Gasteiger partial charge in [-0.3, -0.25) is 10.2 Å². The third-order valence-electron chi connectivity index (χ3n) is 3.66. The van der Waals surface area contributed by atoms with Gasteiger partial charge >= 0.3 is 5.97 Å². The van der Waals surface area contributed by atoms with Crippen molar-refractivity contribution in [2.75, 3.05) is 12.5 Å². The van der Waals surface area contributed by atoms with Gasteiger partial charge in [0.25, 0.3) is 0 Å². The molecule has 128 valence electrons. The van der Waals surface area contributed by atoms with Crippen molar-refractivity contribution in [2.24, 2.45) is 5.10 Å². The quantitative estimate of drug-likeness (QED) is 0.542. The summed E-state index contributed by atoms with van der Waals surface area (Å²) < 4.78 is 6.60. The number of fused-ring (bicyclic) bond motifs is 1. The summed E-state index contributed by atoms with van der Waals surface area (Å²) in [5.41, 5.74) is 5.83. The topological polar surface area (TPSA) is 63.6 Å². The molecule has 1 aromatic heterocycles. The minimum atomic E-state index is -0.203. The normalized spacial score (nSPS) is 11.5. The molecule has 0 amide bonds. The zero-order valence-electron chi connectivity index (χ0n) is 13.9. The fourth-order valence-electron chi connectivity index (χ4n) is 2.37. The highest BCUT2D eigenvalue weighted by Gasteiger charge is 2.06. The van der Waals surface area contributed by atoms with Crippen LogP contribution in [0.25, 0.3) is 10.2 Å². The summed E-state index contributed by atoms with van der Waals surface area (Å²) >= 11 is 1.59. The van der Waals surface area contributed by atoms with Crippen LogP contribution in [0, 0.1) is 0 Å². The van der Waals surface area contributed by atoms with Gasteiger partial charge in [-0.2, -0.15) is 5.10 Å². The fraction of sp³-hybridized carbons (Fsp3) is 0.211. The largest absolute Gasteiger partial charge is 0.469 e. The van der Waals surface area contributed by atoms with E-state index in [4.69, 9.17) is 9.72 Å². The number of nitrogens with one attached hydrogen (secondary N) is 1. The number of anilines is 1. The maximum atomic E-state index is 11.3. The SMILES string of the molecule is COC(=O)CCCc1nc2ccccc2s/c1=N/Nc1ccccc1. The molecule has 25 heavy (non-hydrogen) atoms. The van der Waals surface area contributed by atoms with Crippen molar-refractivity contribution >= 4 is 33.2 Å². The Kier molecular flexibility index (Phi) is 5.74. The number of ether oxygens (including phenoxy) is 1. The van der Waals surface area contributed by atoms with E-state index in [1.807, 2.05) is 54.6 Å². The Morgan fingerprint density at radius 3 is 2.72 bits per heavy atom. The van der Waals surface area contributed by atoms with E-state index in [9.17, 15) is 4.79 Å². The van der Waals surface area contributed by atoms with Crippen molar-refractivity contribution < 1.29 is 9.53 Å². The average molecular weight is 353 g/mol. The lowest BCUT2D eigenvalue weighted by atomic mass is 10.2. The molecule has 0 spiro atoms. The summed E-state index contributed by atoms with van der Waals surface area (Å²) in [5, 5.41) is 4.53. The highest BCUT2D eigenvalue weighted by atomic mass is 32.1. The first-order valence-corrected chi connectivity index (χ1v) is 8.88. The molecule has 0 atom stereocenters. The van der Waals surface area contributed by atoms with E-state index in [1.165, 1.54) is 7.11 Å². The van der Waals surface area contributed by atoms with Crippen LogP contribution in [0.4, 0.5) is 5.69 Å². The Morgan fingerprint density at radius 1 is 1.16 bits per heavy atom. The van der Waals surface area contributed by atoms with Crippen molar-refractivity contribution in [3.63, 3.8) is 0 Å². The van der Waals surface area contributed by atoms with E-state index in [2.05, 4.69) is 10.5 Å². The summed E-state index contributed by atoms with van der Waals surface area (Å²) in [7, 11) is 1.41. The van der Waals surface area contributed by atoms with Gasteiger partial charge in [-0.15, -0.1) is 11.3 Å². The molecule has 0 unspecified atom stereocenters. The monoisotopic (exact) mass is 353 g/mol. The number of aromatic nitrogens is 1. The first-order chi connectivity index (χ1) is 12.3. The van der Waals surface area contributed by atoms with Crippen LogP contribution in [-0.2, 0) is 16.0 Å². The zero-order valence-corrected chi connectivity index (χ0v) is 14.8. The molecule has 1 N–H and O–H groups in total. The maximum Gasteiger partial charge on any atom is 0.305 e. The van der Waals surface area contributed by atoms with Crippen LogP contribution < -0.4 is 10.1 Å². The molecule has 3 aromatic rings. The van der Waals surface area contributed by atoms with Crippen molar-refractivity contribution in [2.45, 2.75) is 19.3 Å². The average Bonchev–Trinajstić information content (AvgIpc) is 2.66. The van der Waals surface area contributed by atoms with Gasteiger partial charge in [0.2, 0.25) is 0 Å². The number of aryl methyl sites for hydroxylation is 1. The van der Waals surface area contributed by atoms with E-state index in [1.54, 1.807) is 11.3 Å². The van der Waals surface area contributed by atoms with Gasteiger partial charge in [0, 0.05) is 6.42 Å². The highest BCUT2D eigenvalue weighted by molar-refractivity contribution is 7.16. The molecule has 0 saturated heterocycles. The molecule has 0 bridgehead atoms. The van der Waals surface area contributed by atoms with E-state index < -0.39 is 0 Å². The van der Waals surface area contributed by atoms with Crippen LogP contribution in [0.1, 0.15) is 18.5 Å². The summed E-state index contributed by atoms with van der Waals surface area (Å²) in [4.78, 5) is 16.1. The molecule has 0 radical (unpaired) electrons. The molecular weight excluding hydrogens is 334 g/mol. The van der Waals surface area contributed by atoms with E-state index >= 15 is 0 Å². The second-order valence-electron chi connectivity index (χ2n) is 5.45. The minimum Gasteiger partial charge on any atom is -0.469 e. The lowest BCUT2D eigenvalue weighted by Gasteiger charge is -2.05.